The standard InChI is InChI=1S/C13H18N4O5S/c1-15-7-8-5-3-4-6-17-12(8)16-9(11(14)18)10(13(17)19)22-23(2,20)21/h7-8H,3-6H2,1-2H3,(H2,14,18). The lowest BCUT2D eigenvalue weighted by Gasteiger charge is -2.16. The van der Waals surface area contributed by atoms with Crippen LogP contribution in [0.4, 0.5) is 0 Å². The van der Waals surface area contributed by atoms with E-state index in [4.69, 9.17) is 5.73 Å². The molecule has 1 aromatic rings. The summed E-state index contributed by atoms with van der Waals surface area (Å²) in [6.45, 7) is 0.356. The number of hydrogen-bond donors (Lipinski definition) is 1. The van der Waals surface area contributed by atoms with Crippen LogP contribution in [0.3, 0.4) is 0 Å². The molecule has 0 spiro atoms. The number of carbonyl (C=O) groups excluding carboxylic acids is 1. The summed E-state index contributed by atoms with van der Waals surface area (Å²) in [5.74, 6) is -1.59. The lowest BCUT2D eigenvalue weighted by atomic mass is 10.0. The van der Waals surface area contributed by atoms with Gasteiger partial charge in [-0.3, -0.25) is 14.2 Å². The molecule has 0 fully saturated rings. The van der Waals surface area contributed by atoms with Crippen molar-refractivity contribution in [3.63, 3.8) is 0 Å². The fourth-order valence-electron chi connectivity index (χ4n) is 2.53. The Morgan fingerprint density at radius 1 is 1.48 bits per heavy atom. The molecule has 0 aliphatic carbocycles. The molecule has 1 aromatic heterocycles. The minimum atomic E-state index is -4.00. The highest BCUT2D eigenvalue weighted by atomic mass is 32.2. The summed E-state index contributed by atoms with van der Waals surface area (Å²) in [4.78, 5) is 32.3. The van der Waals surface area contributed by atoms with E-state index in [1.54, 1.807) is 13.3 Å². The summed E-state index contributed by atoms with van der Waals surface area (Å²) in [7, 11) is -2.40. The number of rotatable bonds is 4. The Morgan fingerprint density at radius 3 is 2.74 bits per heavy atom. The van der Waals surface area contributed by atoms with Crippen LogP contribution in [0.25, 0.3) is 0 Å². The lowest BCUT2D eigenvalue weighted by molar-refractivity contribution is 0.0993. The molecule has 0 radical (unpaired) electrons. The molecule has 2 N–H and O–H groups in total. The van der Waals surface area contributed by atoms with Crippen LogP contribution in [0.2, 0.25) is 0 Å². The van der Waals surface area contributed by atoms with Gasteiger partial charge in [-0.1, -0.05) is 6.42 Å². The summed E-state index contributed by atoms with van der Waals surface area (Å²) >= 11 is 0. The largest absolute Gasteiger partial charge is 0.374 e. The number of nitrogens with zero attached hydrogens (tertiary/aromatic N) is 3. The molecule has 2 heterocycles. The molecule has 0 aromatic carbocycles. The van der Waals surface area contributed by atoms with Gasteiger partial charge < -0.3 is 14.9 Å². The highest BCUT2D eigenvalue weighted by Gasteiger charge is 2.28. The van der Waals surface area contributed by atoms with E-state index in [1.165, 1.54) is 4.57 Å². The van der Waals surface area contributed by atoms with Crippen molar-refractivity contribution >= 4 is 22.2 Å². The van der Waals surface area contributed by atoms with Gasteiger partial charge in [-0.05, 0) is 12.8 Å². The van der Waals surface area contributed by atoms with Crippen molar-refractivity contribution in [3.05, 3.63) is 21.9 Å². The second-order valence-electron chi connectivity index (χ2n) is 5.27. The molecule has 0 saturated carbocycles. The molecule has 10 heteroatoms. The number of amides is 1. The van der Waals surface area contributed by atoms with Gasteiger partial charge in [0, 0.05) is 19.8 Å². The first kappa shape index (κ1) is 17.1. The second-order valence-corrected chi connectivity index (χ2v) is 6.84. The molecular weight excluding hydrogens is 324 g/mol. The molecule has 1 aliphatic rings. The molecule has 9 nitrogen and oxygen atoms in total. The van der Waals surface area contributed by atoms with Crippen LogP contribution < -0.4 is 15.5 Å². The molecule has 2 rings (SSSR count). The molecular formula is C13H18N4O5S. The number of aromatic nitrogens is 2. The van der Waals surface area contributed by atoms with Crippen LogP contribution in [0.1, 0.15) is 41.5 Å². The fourth-order valence-corrected chi connectivity index (χ4v) is 2.98. The Bertz CT molecular complexity index is 812. The van der Waals surface area contributed by atoms with Crippen molar-refractivity contribution in [2.24, 2.45) is 10.7 Å². The Labute approximate surface area is 133 Å². The number of primary amides is 1. The maximum absolute atomic E-state index is 12.6. The average molecular weight is 342 g/mol. The molecule has 1 aliphatic heterocycles. The van der Waals surface area contributed by atoms with E-state index in [9.17, 15) is 18.0 Å². The molecule has 0 bridgehead atoms. The van der Waals surface area contributed by atoms with Gasteiger partial charge in [0.25, 0.3) is 11.5 Å². The Morgan fingerprint density at radius 2 is 2.17 bits per heavy atom. The third-order valence-corrected chi connectivity index (χ3v) is 3.90. The number of fused-ring (bicyclic) bond motifs is 1. The maximum Gasteiger partial charge on any atom is 0.306 e. The molecule has 126 valence electrons. The molecule has 0 saturated heterocycles. The van der Waals surface area contributed by atoms with Crippen molar-refractivity contribution in [2.75, 3.05) is 13.3 Å². The van der Waals surface area contributed by atoms with E-state index >= 15 is 0 Å². The van der Waals surface area contributed by atoms with Gasteiger partial charge >= 0.3 is 10.1 Å². The van der Waals surface area contributed by atoms with Crippen molar-refractivity contribution in [3.8, 4) is 5.75 Å². The lowest BCUT2D eigenvalue weighted by Crippen LogP contribution is -2.32. The Hall–Kier alpha value is -2.23. The normalized spacial score (nSPS) is 18.4. The number of carbonyl (C=O) groups is 1. The highest BCUT2D eigenvalue weighted by Crippen LogP contribution is 2.25. The zero-order valence-corrected chi connectivity index (χ0v) is 13.7. The van der Waals surface area contributed by atoms with Crippen molar-refractivity contribution in [2.45, 2.75) is 31.7 Å². The SMILES string of the molecule is CN=CC1CCCCn2c1nc(C(N)=O)c(OS(C)(=O)=O)c2=O. The topological polar surface area (TPSA) is 134 Å². The van der Waals surface area contributed by atoms with Gasteiger partial charge in [0.05, 0.1) is 12.2 Å². The summed E-state index contributed by atoms with van der Waals surface area (Å²) in [5.41, 5.74) is 4.02. The predicted octanol–water partition coefficient (Wildman–Crippen LogP) is -0.351. The van der Waals surface area contributed by atoms with E-state index in [1.807, 2.05) is 0 Å². The fraction of sp³-hybridized carbons (Fsp3) is 0.538. The van der Waals surface area contributed by atoms with Crippen LogP contribution in [0.5, 0.6) is 5.75 Å². The first-order chi connectivity index (χ1) is 10.7. The van der Waals surface area contributed by atoms with Crippen molar-refractivity contribution < 1.29 is 17.4 Å². The van der Waals surface area contributed by atoms with Gasteiger partial charge in [-0.2, -0.15) is 8.42 Å². The van der Waals surface area contributed by atoms with Gasteiger partial charge in [0.2, 0.25) is 5.75 Å². The quantitative estimate of drug-likeness (QED) is 0.587. The monoisotopic (exact) mass is 342 g/mol. The van der Waals surface area contributed by atoms with E-state index in [2.05, 4.69) is 14.2 Å². The van der Waals surface area contributed by atoms with E-state index in [-0.39, 0.29) is 5.92 Å². The Balaban J connectivity index is 2.75. The minimum absolute atomic E-state index is 0.249. The smallest absolute Gasteiger partial charge is 0.306 e. The van der Waals surface area contributed by atoms with E-state index in [0.29, 0.717) is 18.8 Å². The van der Waals surface area contributed by atoms with Crippen molar-refractivity contribution in [1.29, 1.82) is 0 Å². The summed E-state index contributed by atoms with van der Waals surface area (Å²) in [6.07, 6.45) is 4.70. The van der Waals surface area contributed by atoms with Gasteiger partial charge in [-0.25, -0.2) is 4.98 Å². The zero-order valence-electron chi connectivity index (χ0n) is 12.9. The van der Waals surface area contributed by atoms with Gasteiger partial charge in [0.1, 0.15) is 5.82 Å². The number of aliphatic imine (C=N–C) groups is 1. The summed E-state index contributed by atoms with van der Waals surface area (Å²) in [5, 5.41) is 0. The van der Waals surface area contributed by atoms with Crippen molar-refractivity contribution in [1.82, 2.24) is 9.55 Å². The van der Waals surface area contributed by atoms with Crippen LogP contribution >= 0.6 is 0 Å². The number of hydrogen-bond acceptors (Lipinski definition) is 7. The molecule has 1 amide bonds. The van der Waals surface area contributed by atoms with Crippen LogP contribution in [0.15, 0.2) is 9.79 Å². The number of nitrogens with two attached hydrogens (primary N) is 1. The van der Waals surface area contributed by atoms with Gasteiger partial charge in [-0.15, -0.1) is 0 Å². The first-order valence-corrected chi connectivity index (χ1v) is 8.82. The van der Waals surface area contributed by atoms with E-state index < -0.39 is 33.0 Å². The highest BCUT2D eigenvalue weighted by molar-refractivity contribution is 7.86. The summed E-state index contributed by atoms with van der Waals surface area (Å²) < 4.78 is 28.7. The minimum Gasteiger partial charge on any atom is -0.374 e. The van der Waals surface area contributed by atoms with Gasteiger partial charge in [0.15, 0.2) is 5.69 Å². The maximum atomic E-state index is 12.6. The third-order valence-electron chi connectivity index (χ3n) is 3.43. The van der Waals surface area contributed by atoms with Crippen LogP contribution in [-0.4, -0.2) is 43.4 Å². The molecule has 1 unspecified atom stereocenters. The Kier molecular flexibility index (Phi) is 4.83. The van der Waals surface area contributed by atoms with Crippen LogP contribution in [-0.2, 0) is 16.7 Å². The van der Waals surface area contributed by atoms with Crippen LogP contribution in [0, 0.1) is 0 Å². The summed E-state index contributed by atoms with van der Waals surface area (Å²) in [6, 6.07) is 0. The van der Waals surface area contributed by atoms with E-state index in [0.717, 1.165) is 19.1 Å². The zero-order chi connectivity index (χ0) is 17.2. The molecule has 23 heavy (non-hydrogen) atoms. The second kappa shape index (κ2) is 6.49. The molecule has 1 atom stereocenters. The third kappa shape index (κ3) is 3.76. The predicted molar refractivity (Wildman–Crippen MR) is 83.5 cm³/mol. The average Bonchev–Trinajstić information content (AvgIpc) is 2.63. The first-order valence-electron chi connectivity index (χ1n) is 7.01.